The van der Waals surface area contributed by atoms with E-state index in [9.17, 15) is 57.2 Å². The van der Waals surface area contributed by atoms with Gasteiger partial charge in [0.15, 0.2) is 19.7 Å². The minimum Gasteiger partial charge on any atom is -0.528 e. The molecule has 6 unspecified atom stereocenters. The second-order valence-corrected chi connectivity index (χ2v) is 31.8. The van der Waals surface area contributed by atoms with Gasteiger partial charge >= 0.3 is 41.5 Å². The third-order valence-electron chi connectivity index (χ3n) is 19.7. The molecule has 0 aliphatic carbocycles. The van der Waals surface area contributed by atoms with Crippen molar-refractivity contribution in [1.82, 2.24) is 58.9 Å². The normalized spacial score (nSPS) is 18.4. The first-order chi connectivity index (χ1) is 51.7. The summed E-state index contributed by atoms with van der Waals surface area (Å²) in [5.41, 5.74) is 11.4. The van der Waals surface area contributed by atoms with Crippen LogP contribution in [0, 0.1) is 40.9 Å². The molecule has 3 radical (unpaired) electrons. The van der Waals surface area contributed by atoms with E-state index in [0.29, 0.717) is 79.3 Å². The molecule has 9 fully saturated rings. The number of nitrogens with one attached hydrogen (secondary N) is 1. The molecule has 111 heavy (non-hydrogen) atoms. The third-order valence-corrected chi connectivity index (χ3v) is 22.0. The number of aryl methyl sites for hydroxylation is 1. The molecular formula is C77H79BN18NaO12S2. The summed E-state index contributed by atoms with van der Waals surface area (Å²) in [5.74, 6) is 1.83. The Morgan fingerprint density at radius 1 is 0.514 bits per heavy atom. The van der Waals surface area contributed by atoms with Gasteiger partial charge in [0.2, 0.25) is 0 Å². The second kappa shape index (κ2) is 34.5. The number of hydrogen-bond donors (Lipinski definition) is 3. The zero-order valence-corrected chi connectivity index (χ0v) is 65.5. The first-order valence-corrected chi connectivity index (χ1v) is 38.5. The van der Waals surface area contributed by atoms with Crippen LogP contribution >= 0.6 is 0 Å². The van der Waals surface area contributed by atoms with Crippen LogP contribution in [-0.4, -0.2) is 205 Å². The summed E-state index contributed by atoms with van der Waals surface area (Å²) in [6.45, 7) is 12.6. The molecule has 7 N–H and O–H groups in total. The van der Waals surface area contributed by atoms with Crippen LogP contribution in [0.15, 0.2) is 169 Å². The maximum absolute atomic E-state index is 11.9. The number of nitrogens with zero attached hydrogens (tertiary/aromatic N) is 17. The van der Waals surface area contributed by atoms with E-state index in [4.69, 9.17) is 9.97 Å². The van der Waals surface area contributed by atoms with Crippen molar-refractivity contribution in [2.24, 2.45) is 0 Å². The number of ether oxygens (including phenoxy) is 1. The summed E-state index contributed by atoms with van der Waals surface area (Å²) >= 11 is 0. The molecule has 0 amide bonds. The van der Waals surface area contributed by atoms with Gasteiger partial charge < -0.3 is 58.6 Å². The standard InChI is InChI=1S/C27H26N6O2S.C26H24N6O3S.C18H16N6O.C4H6O3.C2H3BO.Na.2H2O/c1-18-8-25(27-21(11-28)13-30-33(27)14-18)20-6-7-26(29-12-20)31-16-22-10-23(17-31)32(22)15-19-4-3-5-24(9-19)36(2,34)35;1-36(34,35)23-4-2-3-17(7-23)13-31-20-8-21(31)15-30(14-20)25-6-5-18(11-28-25)24-9-22(33)16-32-26(24)19(10-27)12-29-32;19-5-12-7-21-24-10-15(25)4-16(18(12)24)11-1-2-17(20-6-11)23-8-13-3-14(9-23)22-13;1-3(5)7-4(2)6;1-2(3)4;;;/h3-9,12-14,22-23H,10,15-17H2,1-2H3;2-7,9,11-12,16,20-21,33H,8,13-15H2,1H3;1-2,4,6-7,10,13-14,22,25H,3,8-9H2;1-2H3;1H3;;2*1H2/q;;;;-1;+1;;. The van der Waals surface area contributed by atoms with Crippen LogP contribution in [0.1, 0.15) is 73.4 Å². The van der Waals surface area contributed by atoms with Gasteiger partial charge in [-0.1, -0.05) is 31.2 Å². The number of rotatable bonds is 12. The molecule has 34 heteroatoms. The number of benzene rings is 2. The Morgan fingerprint density at radius 2 is 0.847 bits per heavy atom. The van der Waals surface area contributed by atoms with Gasteiger partial charge in [0.05, 0.1) is 74.0 Å². The van der Waals surface area contributed by atoms with E-state index in [1.165, 1.54) is 73.5 Å². The number of piperidine rings is 3. The smallest absolute Gasteiger partial charge is 0.528 e. The summed E-state index contributed by atoms with van der Waals surface area (Å²) in [6, 6.07) is 41.2. The van der Waals surface area contributed by atoms with Gasteiger partial charge in [-0.05, 0) is 122 Å². The number of anilines is 3. The van der Waals surface area contributed by atoms with Crippen LogP contribution in [0.25, 0.3) is 49.9 Å². The molecule has 0 saturated carbocycles. The number of piperazine rings is 3. The predicted molar refractivity (Wildman–Crippen MR) is 410 cm³/mol. The van der Waals surface area contributed by atoms with Crippen LogP contribution in [0.5, 0.6) is 11.5 Å². The molecule has 565 valence electrons. The minimum absolute atomic E-state index is 0. The number of carbonyl (C=O) groups excluding carboxylic acids is 3. The number of sulfone groups is 2. The van der Waals surface area contributed by atoms with Crippen LogP contribution in [0.4, 0.5) is 17.5 Å². The van der Waals surface area contributed by atoms with E-state index < -0.39 is 31.6 Å². The number of hydrogen-bond acceptors (Lipinski definition) is 25. The first-order valence-electron chi connectivity index (χ1n) is 34.7. The maximum atomic E-state index is 11.9. The topological polar surface area (TPSA) is 422 Å². The van der Waals surface area contributed by atoms with Crippen LogP contribution < -0.4 is 49.6 Å². The quantitative estimate of drug-likeness (QED) is 0.0899. The molecule has 9 aromatic heterocycles. The molecule has 9 aliphatic heterocycles. The summed E-state index contributed by atoms with van der Waals surface area (Å²) in [7, 11) is -1.96. The Labute approximate surface area is 663 Å². The fourth-order valence-electron chi connectivity index (χ4n) is 14.9. The number of esters is 2. The fourth-order valence-corrected chi connectivity index (χ4v) is 16.3. The zero-order valence-electron chi connectivity index (χ0n) is 61.9. The van der Waals surface area contributed by atoms with Crippen LogP contribution in [-0.2, 0) is 51.9 Å². The SMILES string of the molecule is CC(=O)OC(C)=O.CS(=O)(=O)c1cccc(CN2C3CC2CN(c2ccc(-c4cc(O)cn5ncc(C#N)c45)cn2)C3)c1.Cc1cc(-c2ccc(N3CC4CC(C3)N4Cc3cccc(S(C)(=O)=O)c3)nc2)c2c(C#N)cnn2c1.N#Cc1cnn2cc(O)cc(-c3ccc(N4CC5CC(C4)N5)nc3)c12.O.O.[B-]C(C)=O.[Na+]. The fraction of sp³-hybridized carbons (Fsp3) is 0.299. The summed E-state index contributed by atoms with van der Waals surface area (Å²) in [6.07, 6.45) is 21.0. The molecule has 6 bridgehead atoms. The molecule has 9 saturated heterocycles. The second-order valence-electron chi connectivity index (χ2n) is 27.7. The van der Waals surface area contributed by atoms with Crippen molar-refractivity contribution in [2.75, 3.05) is 66.5 Å². The van der Waals surface area contributed by atoms with Gasteiger partial charge in [-0.15, -0.1) is 5.68 Å². The molecular weight excluding hydrogens is 1470 g/mol. The summed E-state index contributed by atoms with van der Waals surface area (Å²) in [4.78, 5) is 55.5. The minimum atomic E-state index is -3.22. The van der Waals surface area contributed by atoms with E-state index in [0.717, 1.165) is 133 Å². The Morgan fingerprint density at radius 3 is 1.15 bits per heavy atom. The average molecular weight is 1550 g/mol. The van der Waals surface area contributed by atoms with Crippen molar-refractivity contribution >= 4 is 79.1 Å². The Kier molecular flexibility index (Phi) is 25.6. The molecule has 2 aromatic carbocycles. The Bertz CT molecular complexity index is 5370. The number of pyridine rings is 6. The van der Waals surface area contributed by atoms with Gasteiger partial charge in [-0.25, -0.2) is 45.3 Å². The Hall–Kier alpha value is -11.0. The average Bonchev–Trinajstić information content (AvgIpc) is 1.65. The molecule has 30 nitrogen and oxygen atoms in total. The van der Waals surface area contributed by atoms with Crippen LogP contribution in [0.3, 0.4) is 0 Å². The van der Waals surface area contributed by atoms with Crippen molar-refractivity contribution in [2.45, 2.75) is 106 Å². The number of aromatic nitrogens is 9. The third kappa shape index (κ3) is 18.6. The van der Waals surface area contributed by atoms with E-state index in [2.05, 4.69) is 99.1 Å². The van der Waals surface area contributed by atoms with E-state index in [-0.39, 0.29) is 57.7 Å². The van der Waals surface area contributed by atoms with Gasteiger partial charge in [-0.2, -0.15) is 31.1 Å². The van der Waals surface area contributed by atoms with Crippen molar-refractivity contribution in [3.63, 3.8) is 0 Å². The molecule has 11 aromatic rings. The van der Waals surface area contributed by atoms with Gasteiger partial charge in [-0.3, -0.25) is 19.4 Å². The number of nitriles is 3. The monoisotopic (exact) mass is 1550 g/mol. The Balaban J connectivity index is 0.000000165. The van der Waals surface area contributed by atoms with Crippen molar-refractivity contribution < 1.29 is 86.7 Å². The van der Waals surface area contributed by atoms with E-state index in [1.54, 1.807) is 59.5 Å². The maximum Gasteiger partial charge on any atom is 1.00 e. The van der Waals surface area contributed by atoms with E-state index in [1.807, 2.05) is 67.8 Å². The predicted octanol–water partition coefficient (Wildman–Crippen LogP) is 2.96. The number of carbonyl (C=O) groups is 3. The summed E-state index contributed by atoms with van der Waals surface area (Å²) < 4.78 is 56.4. The number of aromatic hydroxyl groups is 2. The van der Waals surface area contributed by atoms with Crippen LogP contribution in [0.2, 0.25) is 0 Å². The largest absolute Gasteiger partial charge is 1.00 e. The van der Waals surface area contributed by atoms with Crippen molar-refractivity contribution in [1.29, 1.82) is 15.8 Å². The zero-order chi connectivity index (χ0) is 76.5. The van der Waals surface area contributed by atoms with Crippen molar-refractivity contribution in [3.05, 3.63) is 192 Å². The molecule has 6 atom stereocenters. The van der Waals surface area contributed by atoms with Gasteiger partial charge in [0.1, 0.15) is 47.2 Å². The molecule has 0 spiro atoms. The molecule has 9 aliphatic rings. The van der Waals surface area contributed by atoms with Gasteiger partial charge in [0.25, 0.3) is 0 Å². The molecule has 20 rings (SSSR count). The van der Waals surface area contributed by atoms with Crippen molar-refractivity contribution in [3.8, 4) is 63.1 Å². The van der Waals surface area contributed by atoms with Gasteiger partial charge in [0, 0.05) is 173 Å². The number of fused-ring (bicyclic) bond motifs is 9. The molecule has 18 heterocycles. The first kappa shape index (κ1) is 82.5. The summed E-state index contributed by atoms with van der Waals surface area (Å²) in [5, 5.41) is 64.5. The van der Waals surface area contributed by atoms with E-state index >= 15 is 0 Å².